The van der Waals surface area contributed by atoms with Gasteiger partial charge in [-0.2, -0.15) is 0 Å². The fraction of sp³-hybridized carbons (Fsp3) is 0.0870. The van der Waals surface area contributed by atoms with E-state index in [4.69, 9.17) is 27.9 Å². The van der Waals surface area contributed by atoms with Crippen molar-refractivity contribution in [1.29, 1.82) is 0 Å². The van der Waals surface area contributed by atoms with E-state index in [-0.39, 0.29) is 25.0 Å². The van der Waals surface area contributed by atoms with Gasteiger partial charge in [0.05, 0.1) is 22.6 Å². The summed E-state index contributed by atoms with van der Waals surface area (Å²) in [4.78, 5) is 29.8. The van der Waals surface area contributed by atoms with E-state index >= 15 is 0 Å². The lowest BCUT2D eigenvalue weighted by molar-refractivity contribution is 0.0858. The van der Waals surface area contributed by atoms with Crippen molar-refractivity contribution in [2.75, 3.05) is 6.54 Å². The first-order valence-corrected chi connectivity index (χ1v) is 10.2. The van der Waals surface area contributed by atoms with Crippen molar-refractivity contribution in [3.63, 3.8) is 0 Å². The van der Waals surface area contributed by atoms with Crippen molar-refractivity contribution in [2.24, 2.45) is 0 Å². The molecule has 0 saturated heterocycles. The SMILES string of the molecule is O=C(NCC(=O)n1c(COc2ccc(Cl)cc2Cl)nc2ccccc21)c1ccccc1. The Morgan fingerprint density at radius 1 is 0.968 bits per heavy atom. The number of ether oxygens (including phenoxy) is 1. The number of fused-ring (bicyclic) bond motifs is 1. The minimum Gasteiger partial charge on any atom is -0.484 e. The molecule has 0 atom stereocenters. The predicted octanol–water partition coefficient (Wildman–Crippen LogP) is 4.99. The van der Waals surface area contributed by atoms with Crippen LogP contribution in [0.5, 0.6) is 5.75 Å². The Labute approximate surface area is 188 Å². The maximum atomic E-state index is 13.0. The average Bonchev–Trinajstić information content (AvgIpc) is 3.15. The van der Waals surface area contributed by atoms with Crippen LogP contribution in [0.3, 0.4) is 0 Å². The standard InChI is InChI=1S/C23H17Cl2N3O3/c24-16-10-11-20(17(25)12-16)31-14-21-27-18-8-4-5-9-19(18)28(21)22(29)13-26-23(30)15-6-2-1-3-7-15/h1-12H,13-14H2,(H,26,30). The first kappa shape index (κ1) is 20.9. The van der Waals surface area contributed by atoms with Gasteiger partial charge in [0.15, 0.2) is 5.82 Å². The fourth-order valence-corrected chi connectivity index (χ4v) is 3.58. The van der Waals surface area contributed by atoms with Gasteiger partial charge in [-0.3, -0.25) is 14.2 Å². The van der Waals surface area contributed by atoms with E-state index in [1.807, 2.05) is 18.2 Å². The molecular formula is C23H17Cl2N3O3. The number of imidazole rings is 1. The van der Waals surface area contributed by atoms with Crippen LogP contribution in [0.25, 0.3) is 11.0 Å². The number of hydrogen-bond donors (Lipinski definition) is 1. The number of para-hydroxylation sites is 2. The van der Waals surface area contributed by atoms with Crippen molar-refractivity contribution >= 4 is 46.0 Å². The molecular weight excluding hydrogens is 437 g/mol. The van der Waals surface area contributed by atoms with Gasteiger partial charge in [0.25, 0.3) is 11.8 Å². The van der Waals surface area contributed by atoms with Crippen LogP contribution in [0.1, 0.15) is 21.0 Å². The van der Waals surface area contributed by atoms with Crippen molar-refractivity contribution in [2.45, 2.75) is 6.61 Å². The summed E-state index contributed by atoms with van der Waals surface area (Å²) >= 11 is 12.1. The highest BCUT2D eigenvalue weighted by Gasteiger charge is 2.18. The van der Waals surface area contributed by atoms with Gasteiger partial charge in [-0.05, 0) is 42.5 Å². The number of amides is 1. The molecule has 3 aromatic carbocycles. The van der Waals surface area contributed by atoms with Gasteiger partial charge in [-0.1, -0.05) is 53.5 Å². The fourth-order valence-electron chi connectivity index (χ4n) is 3.11. The van der Waals surface area contributed by atoms with Gasteiger partial charge >= 0.3 is 0 Å². The highest BCUT2D eigenvalue weighted by atomic mass is 35.5. The van der Waals surface area contributed by atoms with E-state index in [2.05, 4.69) is 10.3 Å². The van der Waals surface area contributed by atoms with Crippen molar-refractivity contribution in [3.8, 4) is 5.75 Å². The van der Waals surface area contributed by atoms with Crippen LogP contribution in [-0.4, -0.2) is 27.9 Å². The van der Waals surface area contributed by atoms with E-state index in [1.165, 1.54) is 4.57 Å². The zero-order chi connectivity index (χ0) is 21.8. The number of halogens is 2. The lowest BCUT2D eigenvalue weighted by atomic mass is 10.2. The lowest BCUT2D eigenvalue weighted by Crippen LogP contribution is -2.33. The molecule has 4 rings (SSSR count). The molecule has 0 bridgehead atoms. The Kier molecular flexibility index (Phi) is 6.21. The maximum absolute atomic E-state index is 13.0. The molecule has 4 aromatic rings. The molecule has 0 unspecified atom stereocenters. The minimum absolute atomic E-state index is 0.00834. The largest absolute Gasteiger partial charge is 0.484 e. The number of nitrogens with zero attached hydrogens (tertiary/aromatic N) is 2. The summed E-state index contributed by atoms with van der Waals surface area (Å²) in [6, 6.07) is 20.8. The molecule has 1 aromatic heterocycles. The predicted molar refractivity (Wildman–Crippen MR) is 120 cm³/mol. The molecule has 6 nitrogen and oxygen atoms in total. The summed E-state index contributed by atoms with van der Waals surface area (Å²) in [6.07, 6.45) is 0. The summed E-state index contributed by atoms with van der Waals surface area (Å²) in [5.41, 5.74) is 1.75. The molecule has 0 aliphatic rings. The van der Waals surface area contributed by atoms with Crippen LogP contribution in [0.2, 0.25) is 10.0 Å². The van der Waals surface area contributed by atoms with Gasteiger partial charge in [-0.15, -0.1) is 0 Å². The summed E-state index contributed by atoms with van der Waals surface area (Å²) < 4.78 is 7.23. The van der Waals surface area contributed by atoms with Gasteiger partial charge < -0.3 is 10.1 Å². The third kappa shape index (κ3) is 4.71. The Balaban J connectivity index is 1.55. The second-order valence-electron chi connectivity index (χ2n) is 6.66. The monoisotopic (exact) mass is 453 g/mol. The van der Waals surface area contributed by atoms with Crippen molar-refractivity contribution in [3.05, 3.63) is 94.2 Å². The molecule has 1 N–H and O–H groups in total. The molecule has 156 valence electrons. The number of nitrogens with one attached hydrogen (secondary N) is 1. The number of hydrogen-bond acceptors (Lipinski definition) is 4. The zero-order valence-electron chi connectivity index (χ0n) is 16.2. The average molecular weight is 454 g/mol. The summed E-state index contributed by atoms with van der Waals surface area (Å²) in [5, 5.41) is 3.51. The first-order valence-electron chi connectivity index (χ1n) is 9.43. The molecule has 1 heterocycles. The van der Waals surface area contributed by atoms with E-state index in [9.17, 15) is 9.59 Å². The summed E-state index contributed by atoms with van der Waals surface area (Å²) in [5.74, 6) is 0.156. The summed E-state index contributed by atoms with van der Waals surface area (Å²) in [6.45, 7) is -0.183. The minimum atomic E-state index is -0.334. The van der Waals surface area contributed by atoms with E-state index in [1.54, 1.807) is 54.6 Å². The van der Waals surface area contributed by atoms with Gasteiger partial charge in [0.1, 0.15) is 12.4 Å². The number of benzene rings is 3. The van der Waals surface area contributed by atoms with Crippen molar-refractivity contribution < 1.29 is 14.3 Å². The van der Waals surface area contributed by atoms with Crippen LogP contribution in [-0.2, 0) is 6.61 Å². The normalized spacial score (nSPS) is 10.8. The third-order valence-electron chi connectivity index (χ3n) is 4.57. The van der Waals surface area contributed by atoms with Gasteiger partial charge in [0.2, 0.25) is 0 Å². The van der Waals surface area contributed by atoms with Gasteiger partial charge in [0, 0.05) is 10.6 Å². The summed E-state index contributed by atoms with van der Waals surface area (Å²) in [7, 11) is 0. The Morgan fingerprint density at radius 2 is 1.71 bits per heavy atom. The van der Waals surface area contributed by atoms with Crippen LogP contribution < -0.4 is 10.1 Å². The van der Waals surface area contributed by atoms with Crippen LogP contribution in [0.15, 0.2) is 72.8 Å². The Bertz CT molecular complexity index is 1260. The zero-order valence-corrected chi connectivity index (χ0v) is 17.7. The smallest absolute Gasteiger partial charge is 0.252 e. The Hall–Kier alpha value is -3.35. The molecule has 0 spiro atoms. The number of carbonyl (C=O) groups is 2. The number of rotatable bonds is 6. The second kappa shape index (κ2) is 9.20. The topological polar surface area (TPSA) is 73.2 Å². The second-order valence-corrected chi connectivity index (χ2v) is 7.50. The molecule has 0 fully saturated rings. The lowest BCUT2D eigenvalue weighted by Gasteiger charge is -2.11. The molecule has 0 radical (unpaired) electrons. The molecule has 8 heteroatoms. The molecule has 0 aliphatic heterocycles. The van der Waals surface area contributed by atoms with Crippen molar-refractivity contribution in [1.82, 2.24) is 14.9 Å². The van der Waals surface area contributed by atoms with Crippen LogP contribution in [0, 0.1) is 0 Å². The first-order chi connectivity index (χ1) is 15.0. The molecule has 0 saturated carbocycles. The van der Waals surface area contributed by atoms with E-state index in [0.29, 0.717) is 38.2 Å². The van der Waals surface area contributed by atoms with E-state index in [0.717, 1.165) is 0 Å². The Morgan fingerprint density at radius 3 is 2.48 bits per heavy atom. The number of aromatic nitrogens is 2. The molecule has 31 heavy (non-hydrogen) atoms. The number of carbonyl (C=O) groups excluding carboxylic acids is 2. The highest BCUT2D eigenvalue weighted by Crippen LogP contribution is 2.28. The molecule has 1 amide bonds. The quantitative estimate of drug-likeness (QED) is 0.446. The van der Waals surface area contributed by atoms with Gasteiger partial charge in [-0.25, -0.2) is 4.98 Å². The maximum Gasteiger partial charge on any atom is 0.252 e. The van der Waals surface area contributed by atoms with E-state index < -0.39 is 0 Å². The van der Waals surface area contributed by atoms with Crippen LogP contribution >= 0.6 is 23.2 Å². The van der Waals surface area contributed by atoms with Crippen LogP contribution in [0.4, 0.5) is 0 Å². The molecule has 0 aliphatic carbocycles. The third-order valence-corrected chi connectivity index (χ3v) is 5.10. The highest BCUT2D eigenvalue weighted by molar-refractivity contribution is 6.35.